The number of nitrogens with one attached hydrogen (secondary N) is 2. The number of amides is 2. The molecule has 0 spiro atoms. The van der Waals surface area contributed by atoms with E-state index in [1.54, 1.807) is 26.3 Å². The van der Waals surface area contributed by atoms with E-state index >= 15 is 0 Å². The Labute approximate surface area is 202 Å². The van der Waals surface area contributed by atoms with Gasteiger partial charge in [-0.3, -0.25) is 19.5 Å². The monoisotopic (exact) mass is 476 g/mol. The van der Waals surface area contributed by atoms with Gasteiger partial charge in [0.1, 0.15) is 23.1 Å². The molecule has 1 aliphatic heterocycles. The van der Waals surface area contributed by atoms with E-state index in [0.29, 0.717) is 39.9 Å². The van der Waals surface area contributed by atoms with Crippen LogP contribution in [-0.4, -0.2) is 49.9 Å². The van der Waals surface area contributed by atoms with Gasteiger partial charge < -0.3 is 20.8 Å². The summed E-state index contributed by atoms with van der Waals surface area (Å²) < 4.78 is 5.52. The van der Waals surface area contributed by atoms with Crippen LogP contribution >= 0.6 is 0 Å². The summed E-state index contributed by atoms with van der Waals surface area (Å²) in [6, 6.07) is -0.0211. The molecule has 35 heavy (non-hydrogen) atoms. The minimum Gasteiger partial charge on any atom is -0.496 e. The first-order valence-corrected chi connectivity index (χ1v) is 11.1. The van der Waals surface area contributed by atoms with E-state index in [1.807, 2.05) is 27.7 Å². The number of aryl methyl sites for hydroxylation is 2. The van der Waals surface area contributed by atoms with Crippen LogP contribution in [0.3, 0.4) is 0 Å². The number of pyridine rings is 1. The standard InChI is InChI=1S/C24H28N8O3/c1-11(2)28-22(33)16-9-27-18(30-16)7-15-19-14(5)29-24(25)31-21(19)32(23(15)34)10-17-13(4)20(35-6)12(3)8-26-17/h7-9,11H,10H2,1-6H3,(H,27,30)(H,28,33)(H2,25,29,31)/b15-7-. The van der Waals surface area contributed by atoms with Crippen LogP contribution in [0.15, 0.2) is 12.4 Å². The second-order valence-corrected chi connectivity index (χ2v) is 8.67. The molecule has 0 aromatic carbocycles. The topological polar surface area (TPSA) is 152 Å². The number of rotatable bonds is 6. The van der Waals surface area contributed by atoms with Crippen LogP contribution in [0, 0.1) is 20.8 Å². The number of methoxy groups -OCH3 is 1. The third-order valence-electron chi connectivity index (χ3n) is 5.69. The summed E-state index contributed by atoms with van der Waals surface area (Å²) in [6.45, 7) is 9.49. The van der Waals surface area contributed by atoms with E-state index in [4.69, 9.17) is 10.5 Å². The molecule has 3 aromatic rings. The van der Waals surface area contributed by atoms with Crippen LogP contribution in [0.4, 0.5) is 11.8 Å². The SMILES string of the molecule is COc1c(C)cnc(CN2C(=O)/C(=C\c3ncc(C(=O)NC(C)C)[nH]3)c3c(C)nc(N)nc32)c1C. The van der Waals surface area contributed by atoms with Crippen molar-refractivity contribution in [3.05, 3.63) is 52.0 Å². The second-order valence-electron chi connectivity index (χ2n) is 8.67. The largest absolute Gasteiger partial charge is 0.496 e. The van der Waals surface area contributed by atoms with Crippen molar-refractivity contribution in [2.24, 2.45) is 0 Å². The van der Waals surface area contributed by atoms with Gasteiger partial charge in [-0.25, -0.2) is 9.97 Å². The highest BCUT2D eigenvalue weighted by molar-refractivity contribution is 6.35. The number of anilines is 2. The number of hydrogen-bond acceptors (Lipinski definition) is 8. The number of nitrogens with zero attached hydrogens (tertiary/aromatic N) is 5. The highest BCUT2D eigenvalue weighted by Gasteiger charge is 2.37. The van der Waals surface area contributed by atoms with Crippen molar-refractivity contribution in [3.8, 4) is 5.75 Å². The van der Waals surface area contributed by atoms with Crippen molar-refractivity contribution >= 4 is 35.2 Å². The minimum absolute atomic E-state index is 0.0211. The summed E-state index contributed by atoms with van der Waals surface area (Å²) in [4.78, 5) is 47.8. The highest BCUT2D eigenvalue weighted by Crippen LogP contribution is 2.39. The lowest BCUT2D eigenvalue weighted by Gasteiger charge is -2.19. The van der Waals surface area contributed by atoms with Gasteiger partial charge in [0.15, 0.2) is 0 Å². The van der Waals surface area contributed by atoms with Crippen LogP contribution in [0.25, 0.3) is 11.6 Å². The maximum absolute atomic E-state index is 13.6. The molecule has 11 nitrogen and oxygen atoms in total. The van der Waals surface area contributed by atoms with Crippen molar-refractivity contribution in [3.63, 3.8) is 0 Å². The van der Waals surface area contributed by atoms with Gasteiger partial charge in [-0.05, 0) is 40.7 Å². The van der Waals surface area contributed by atoms with E-state index in [0.717, 1.165) is 16.9 Å². The molecule has 182 valence electrons. The number of imidazole rings is 1. The number of carbonyl (C=O) groups is 2. The van der Waals surface area contributed by atoms with E-state index in [1.165, 1.54) is 11.1 Å². The van der Waals surface area contributed by atoms with Gasteiger partial charge >= 0.3 is 0 Å². The van der Waals surface area contributed by atoms with Gasteiger partial charge in [0.2, 0.25) is 5.95 Å². The normalized spacial score (nSPS) is 14.1. The lowest BCUT2D eigenvalue weighted by molar-refractivity contribution is -0.113. The van der Waals surface area contributed by atoms with Crippen molar-refractivity contribution in [2.75, 3.05) is 17.7 Å². The number of aromatic amines is 1. The van der Waals surface area contributed by atoms with E-state index in [9.17, 15) is 9.59 Å². The van der Waals surface area contributed by atoms with Gasteiger partial charge in [0.25, 0.3) is 11.8 Å². The molecule has 0 fully saturated rings. The summed E-state index contributed by atoms with van der Waals surface area (Å²) in [7, 11) is 1.60. The maximum Gasteiger partial charge on any atom is 0.269 e. The molecule has 0 aliphatic carbocycles. The fourth-order valence-corrected chi connectivity index (χ4v) is 4.10. The minimum atomic E-state index is -0.298. The fourth-order valence-electron chi connectivity index (χ4n) is 4.10. The molecule has 0 radical (unpaired) electrons. The zero-order valence-electron chi connectivity index (χ0n) is 20.6. The molecule has 3 aromatic heterocycles. The Morgan fingerprint density at radius 1 is 1.23 bits per heavy atom. The Kier molecular flexibility index (Phi) is 6.25. The molecule has 4 rings (SSSR count). The van der Waals surface area contributed by atoms with Gasteiger partial charge in [-0.15, -0.1) is 0 Å². The molecule has 4 N–H and O–H groups in total. The first kappa shape index (κ1) is 23.9. The lowest BCUT2D eigenvalue weighted by Crippen LogP contribution is -2.30. The molecule has 0 bridgehead atoms. The molecule has 0 saturated carbocycles. The number of carbonyl (C=O) groups excluding carboxylic acids is 2. The predicted molar refractivity (Wildman–Crippen MR) is 132 cm³/mol. The van der Waals surface area contributed by atoms with Crippen LogP contribution in [0.5, 0.6) is 5.75 Å². The lowest BCUT2D eigenvalue weighted by atomic mass is 10.1. The molecule has 0 unspecified atom stereocenters. The van der Waals surface area contributed by atoms with Crippen LogP contribution < -0.4 is 20.7 Å². The third-order valence-corrected chi connectivity index (χ3v) is 5.69. The van der Waals surface area contributed by atoms with Gasteiger partial charge in [0.05, 0.1) is 42.4 Å². The van der Waals surface area contributed by atoms with Crippen LogP contribution in [0.1, 0.15) is 58.2 Å². The number of H-pyrrole nitrogens is 1. The molecular weight excluding hydrogens is 448 g/mol. The summed E-state index contributed by atoms with van der Waals surface area (Å²) in [6.07, 6.45) is 4.74. The Balaban J connectivity index is 1.75. The van der Waals surface area contributed by atoms with E-state index < -0.39 is 0 Å². The van der Waals surface area contributed by atoms with E-state index in [2.05, 4.69) is 30.2 Å². The van der Waals surface area contributed by atoms with Gasteiger partial charge in [-0.1, -0.05) is 0 Å². The van der Waals surface area contributed by atoms with Crippen molar-refractivity contribution in [2.45, 2.75) is 47.2 Å². The summed E-state index contributed by atoms with van der Waals surface area (Å²) in [5.74, 6) is 0.970. The molecule has 11 heteroatoms. The molecule has 0 atom stereocenters. The molecular formula is C24H28N8O3. The zero-order chi connectivity index (χ0) is 25.4. The fraction of sp³-hybridized carbons (Fsp3) is 0.333. The Bertz CT molecular complexity index is 1360. The second kappa shape index (κ2) is 9.16. The molecule has 4 heterocycles. The average Bonchev–Trinajstić information content (AvgIpc) is 3.34. The quantitative estimate of drug-likeness (QED) is 0.458. The number of fused-ring (bicyclic) bond motifs is 1. The van der Waals surface area contributed by atoms with Crippen molar-refractivity contribution in [1.82, 2.24) is 30.2 Å². The van der Waals surface area contributed by atoms with Crippen LogP contribution in [-0.2, 0) is 11.3 Å². The van der Waals surface area contributed by atoms with Crippen molar-refractivity contribution in [1.29, 1.82) is 0 Å². The maximum atomic E-state index is 13.6. The van der Waals surface area contributed by atoms with E-state index in [-0.39, 0.29) is 30.3 Å². The number of nitrogens with two attached hydrogens (primary N) is 1. The van der Waals surface area contributed by atoms with Crippen LogP contribution in [0.2, 0.25) is 0 Å². The summed E-state index contributed by atoms with van der Waals surface area (Å²) in [5.41, 5.74) is 10.1. The summed E-state index contributed by atoms with van der Waals surface area (Å²) >= 11 is 0. The predicted octanol–water partition coefficient (Wildman–Crippen LogP) is 2.34. The first-order chi connectivity index (χ1) is 16.6. The Hall–Kier alpha value is -4.28. The summed E-state index contributed by atoms with van der Waals surface area (Å²) in [5, 5.41) is 2.80. The number of aromatic nitrogens is 5. The molecule has 1 aliphatic rings. The average molecular weight is 477 g/mol. The number of ether oxygens (including phenoxy) is 1. The molecule has 0 saturated heterocycles. The van der Waals surface area contributed by atoms with Gasteiger partial charge in [0, 0.05) is 23.4 Å². The Morgan fingerprint density at radius 2 is 1.97 bits per heavy atom. The Morgan fingerprint density at radius 3 is 2.66 bits per heavy atom. The molecule has 2 amide bonds. The number of hydrogen-bond donors (Lipinski definition) is 3. The zero-order valence-corrected chi connectivity index (χ0v) is 20.6. The smallest absolute Gasteiger partial charge is 0.269 e. The first-order valence-electron chi connectivity index (χ1n) is 11.1. The number of nitrogen functional groups attached to an aromatic ring is 1. The highest BCUT2D eigenvalue weighted by atomic mass is 16.5. The van der Waals surface area contributed by atoms with Crippen molar-refractivity contribution < 1.29 is 14.3 Å². The van der Waals surface area contributed by atoms with Gasteiger partial charge in [-0.2, -0.15) is 4.98 Å². The third kappa shape index (κ3) is 4.44.